The van der Waals surface area contributed by atoms with Crippen LogP contribution in [0, 0.1) is 40.4 Å². The topological polar surface area (TPSA) is 55.4 Å². The monoisotopic (exact) mass is 419 g/mol. The van der Waals surface area contributed by atoms with Gasteiger partial charge < -0.3 is 10.1 Å². The number of nitrogens with one attached hydrogen (secondary N) is 1. The van der Waals surface area contributed by atoms with Gasteiger partial charge in [0.05, 0.1) is 13.4 Å². The second kappa shape index (κ2) is 8.27. The van der Waals surface area contributed by atoms with E-state index in [1.54, 1.807) is 0 Å². The third kappa shape index (κ3) is 3.31. The molecule has 168 valence electrons. The number of Topliss-reactive ketones (excluding diaryl/α,β-unsaturated/α-hetero) is 1. The van der Waals surface area contributed by atoms with Crippen LogP contribution in [0.15, 0.2) is 11.9 Å². The van der Waals surface area contributed by atoms with Crippen molar-refractivity contribution in [2.45, 2.75) is 78.1 Å². The van der Waals surface area contributed by atoms with Gasteiger partial charge in [-0.15, -0.1) is 0 Å². The highest BCUT2D eigenvalue weighted by molar-refractivity contribution is 5.99. The molecule has 4 rings (SSSR count). The number of amides is 1. The number of fused-ring (bicyclic) bond motifs is 5. The van der Waals surface area contributed by atoms with Gasteiger partial charge in [-0.3, -0.25) is 4.79 Å². The minimum atomic E-state index is -0.375. The number of carbonyl (C=O) groups is 2. The number of carbonyl (C=O) groups excluding carboxylic acids is 2. The molecule has 0 bridgehead atoms. The summed E-state index contributed by atoms with van der Waals surface area (Å²) in [6.45, 7) is 5.38. The van der Waals surface area contributed by atoms with E-state index in [4.69, 9.17) is 0 Å². The Hall–Kier alpha value is -1.39. The van der Waals surface area contributed by atoms with Crippen LogP contribution in [0.4, 0.5) is 9.18 Å². The number of hydrogen-bond acceptors (Lipinski definition) is 3. The number of alkyl carbamates (subject to hydrolysis) is 1. The molecule has 6 unspecified atom stereocenters. The lowest BCUT2D eigenvalue weighted by molar-refractivity contribution is -0.146. The van der Waals surface area contributed by atoms with Gasteiger partial charge in [0.15, 0.2) is 5.78 Å². The normalized spacial score (nSPS) is 44.2. The lowest BCUT2D eigenvalue weighted by Gasteiger charge is -2.60. The van der Waals surface area contributed by atoms with Crippen LogP contribution >= 0.6 is 0 Å². The minimum Gasteiger partial charge on any atom is -0.453 e. The van der Waals surface area contributed by atoms with Crippen LogP contribution < -0.4 is 5.32 Å². The van der Waals surface area contributed by atoms with E-state index in [0.717, 1.165) is 51.4 Å². The molecule has 4 saturated carbocycles. The third-order valence-electron chi connectivity index (χ3n) is 9.83. The molecule has 5 heteroatoms. The zero-order chi connectivity index (χ0) is 21.5. The van der Waals surface area contributed by atoms with Gasteiger partial charge in [-0.2, -0.15) is 0 Å². The fourth-order valence-electron chi connectivity index (χ4n) is 8.25. The highest BCUT2D eigenvalue weighted by atomic mass is 19.1. The minimum absolute atomic E-state index is 0.00305. The molecule has 30 heavy (non-hydrogen) atoms. The summed E-state index contributed by atoms with van der Waals surface area (Å²) in [5, 5.41) is 2.78. The Morgan fingerprint density at radius 1 is 1.13 bits per heavy atom. The Kier molecular flexibility index (Phi) is 6.02. The van der Waals surface area contributed by atoms with Crippen LogP contribution in [0.1, 0.15) is 78.1 Å². The number of ether oxygens (including phenoxy) is 1. The number of halogens is 1. The first-order valence-corrected chi connectivity index (χ1v) is 12.0. The molecule has 4 fully saturated rings. The quantitative estimate of drug-likeness (QED) is 0.462. The van der Waals surface area contributed by atoms with Crippen molar-refractivity contribution < 1.29 is 18.7 Å². The summed E-state index contributed by atoms with van der Waals surface area (Å²) in [6.07, 6.45) is 11.2. The Bertz CT molecular complexity index is 721. The summed E-state index contributed by atoms with van der Waals surface area (Å²) in [7, 11) is 1.38. The molecule has 4 aliphatic carbocycles. The largest absolute Gasteiger partial charge is 0.453 e. The Balaban J connectivity index is 1.52. The highest BCUT2D eigenvalue weighted by Gasteiger charge is 2.63. The van der Waals surface area contributed by atoms with Gasteiger partial charge in [-0.05, 0) is 85.9 Å². The molecule has 4 aliphatic rings. The molecule has 0 aromatic heterocycles. The Morgan fingerprint density at radius 2 is 1.90 bits per heavy atom. The van der Waals surface area contributed by atoms with Crippen molar-refractivity contribution in [3.63, 3.8) is 0 Å². The van der Waals surface area contributed by atoms with Crippen LogP contribution in [0.5, 0.6) is 0 Å². The summed E-state index contributed by atoms with van der Waals surface area (Å²) in [6, 6.07) is 0. The number of rotatable bonds is 4. The van der Waals surface area contributed by atoms with Crippen LogP contribution in [0.3, 0.4) is 0 Å². The maximum Gasteiger partial charge on any atom is 0.406 e. The van der Waals surface area contributed by atoms with Crippen molar-refractivity contribution in [2.24, 2.45) is 40.4 Å². The fraction of sp³-hybridized carbons (Fsp3) is 0.840. The Labute approximate surface area is 180 Å². The molecule has 0 aromatic rings. The summed E-state index contributed by atoms with van der Waals surface area (Å²) >= 11 is 0. The molecule has 1 amide bonds. The first kappa shape index (κ1) is 21.8. The molecular weight excluding hydrogens is 381 g/mol. The predicted molar refractivity (Wildman–Crippen MR) is 114 cm³/mol. The van der Waals surface area contributed by atoms with E-state index < -0.39 is 0 Å². The fourth-order valence-corrected chi connectivity index (χ4v) is 8.25. The van der Waals surface area contributed by atoms with Gasteiger partial charge >= 0.3 is 6.09 Å². The Morgan fingerprint density at radius 3 is 2.63 bits per heavy atom. The average Bonchev–Trinajstić information content (AvgIpc) is 3.07. The molecular formula is C25H38FNO3. The van der Waals surface area contributed by atoms with E-state index in [2.05, 4.69) is 23.9 Å². The lowest BCUT2D eigenvalue weighted by Crippen LogP contribution is -2.57. The van der Waals surface area contributed by atoms with Crippen molar-refractivity contribution in [1.82, 2.24) is 5.32 Å². The first-order chi connectivity index (χ1) is 14.4. The van der Waals surface area contributed by atoms with E-state index in [9.17, 15) is 14.0 Å². The predicted octanol–water partition coefficient (Wildman–Crippen LogP) is 5.81. The highest BCUT2D eigenvalue weighted by Crippen LogP contribution is 2.67. The maximum atomic E-state index is 14.0. The second-order valence-electron chi connectivity index (χ2n) is 10.9. The van der Waals surface area contributed by atoms with Crippen molar-refractivity contribution in [3.05, 3.63) is 11.9 Å². The maximum absolute atomic E-state index is 14.0. The van der Waals surface area contributed by atoms with Crippen molar-refractivity contribution in [1.29, 1.82) is 0 Å². The number of methoxy groups -OCH3 is 1. The van der Waals surface area contributed by atoms with E-state index in [1.165, 1.54) is 20.0 Å². The van der Waals surface area contributed by atoms with Crippen LogP contribution in [0.2, 0.25) is 0 Å². The summed E-state index contributed by atoms with van der Waals surface area (Å²) in [5.41, 5.74) is 0.744. The van der Waals surface area contributed by atoms with Gasteiger partial charge in [-0.1, -0.05) is 26.7 Å². The van der Waals surface area contributed by atoms with Crippen LogP contribution in [0.25, 0.3) is 0 Å². The summed E-state index contributed by atoms with van der Waals surface area (Å²) < 4.78 is 18.7. The van der Waals surface area contributed by atoms with Crippen LogP contribution in [-0.2, 0) is 9.53 Å². The van der Waals surface area contributed by atoms with Gasteiger partial charge in [0.1, 0.15) is 0 Å². The van der Waals surface area contributed by atoms with Gasteiger partial charge in [0.25, 0.3) is 0 Å². The number of hydrogen-bond donors (Lipinski definition) is 1. The third-order valence-corrected chi connectivity index (χ3v) is 9.83. The van der Waals surface area contributed by atoms with Crippen molar-refractivity contribution >= 4 is 11.9 Å². The molecule has 0 aliphatic heterocycles. The number of allylic oxidation sites excluding steroid dienone is 1. The SMILES string of the molecule is COC(=O)NCCC[C@H]1CCC2C3C(=O)/C(=C/F)C4CCCCC4(C)C3CCC21C. The van der Waals surface area contributed by atoms with Crippen molar-refractivity contribution in [2.75, 3.05) is 13.7 Å². The standard InChI is InChI=1S/C25H38FNO3/c1-24-13-11-20-21(19(24)10-9-16(24)7-6-14-27-23(29)30-3)22(28)17(15-26)18-8-4-5-12-25(18,20)2/h15-16,18-21H,4-14H2,1-3H3,(H,27,29)/b17-15+/t16-,18?,19?,20?,21?,24?,25?/m0/s1. The zero-order valence-electron chi connectivity index (χ0n) is 18.8. The second-order valence-corrected chi connectivity index (χ2v) is 10.9. The smallest absolute Gasteiger partial charge is 0.406 e. The molecule has 4 nitrogen and oxygen atoms in total. The van der Waals surface area contributed by atoms with Crippen molar-refractivity contribution in [3.8, 4) is 0 Å². The van der Waals surface area contributed by atoms with E-state index >= 15 is 0 Å². The first-order valence-electron chi connectivity index (χ1n) is 12.0. The lowest BCUT2D eigenvalue weighted by atomic mass is 9.43. The zero-order valence-corrected chi connectivity index (χ0v) is 18.8. The van der Waals surface area contributed by atoms with Gasteiger partial charge in [0, 0.05) is 18.0 Å². The van der Waals surface area contributed by atoms with E-state index in [0.29, 0.717) is 36.2 Å². The molecule has 0 saturated heterocycles. The summed E-state index contributed by atoms with van der Waals surface area (Å²) in [5.74, 6) is 1.62. The van der Waals surface area contributed by atoms with Gasteiger partial charge in [0.2, 0.25) is 0 Å². The molecule has 7 atom stereocenters. The van der Waals surface area contributed by atoms with E-state index in [-0.39, 0.29) is 34.5 Å². The molecule has 0 radical (unpaired) electrons. The molecule has 0 spiro atoms. The average molecular weight is 420 g/mol. The van der Waals surface area contributed by atoms with E-state index in [1.807, 2.05) is 0 Å². The number of ketones is 1. The molecule has 1 N–H and O–H groups in total. The van der Waals surface area contributed by atoms with Gasteiger partial charge in [-0.25, -0.2) is 9.18 Å². The van der Waals surface area contributed by atoms with Crippen LogP contribution in [-0.4, -0.2) is 25.5 Å². The summed E-state index contributed by atoms with van der Waals surface area (Å²) in [4.78, 5) is 24.9. The molecule has 0 heterocycles. The molecule has 0 aromatic carbocycles.